The summed E-state index contributed by atoms with van der Waals surface area (Å²) in [4.78, 5) is 37.6. The zero-order chi connectivity index (χ0) is 17.1. The Bertz CT molecular complexity index is 633. The van der Waals surface area contributed by atoms with E-state index >= 15 is 0 Å². The van der Waals surface area contributed by atoms with E-state index in [9.17, 15) is 14.4 Å². The zero-order valence-electron chi connectivity index (χ0n) is 13.9. The lowest BCUT2D eigenvalue weighted by atomic mass is 10.0. The Kier molecular flexibility index (Phi) is 4.83. The Hall–Kier alpha value is -2.37. The number of hydrogen-bond donors (Lipinski definition) is 2. The lowest BCUT2D eigenvalue weighted by Crippen LogP contribution is -2.51. The molecule has 1 aromatic rings. The lowest BCUT2D eigenvalue weighted by molar-refractivity contribution is -0.135. The highest BCUT2D eigenvalue weighted by Crippen LogP contribution is 2.16. The second-order valence-electron chi connectivity index (χ2n) is 6.60. The predicted molar refractivity (Wildman–Crippen MR) is 89.4 cm³/mol. The molecule has 0 saturated carbocycles. The number of carbonyl (C=O) groups is 3. The van der Waals surface area contributed by atoms with Crippen molar-refractivity contribution in [1.82, 2.24) is 15.5 Å². The molecule has 3 rings (SSSR count). The summed E-state index contributed by atoms with van der Waals surface area (Å²) in [5.41, 5.74) is 1.78. The minimum Gasteiger partial charge on any atom is -0.349 e. The summed E-state index contributed by atoms with van der Waals surface area (Å²) in [6, 6.07) is 7.22. The molecule has 128 valence electrons. The molecule has 2 aliphatic rings. The molecule has 0 spiro atoms. The summed E-state index contributed by atoms with van der Waals surface area (Å²) in [6.45, 7) is 3.22. The molecule has 2 heterocycles. The van der Waals surface area contributed by atoms with Gasteiger partial charge in [0.2, 0.25) is 11.8 Å². The first-order valence-electron chi connectivity index (χ1n) is 8.48. The fourth-order valence-corrected chi connectivity index (χ4v) is 3.24. The first kappa shape index (κ1) is 16.5. The molecule has 0 radical (unpaired) electrons. The molecule has 6 nitrogen and oxygen atoms in total. The van der Waals surface area contributed by atoms with E-state index in [0.717, 1.165) is 18.4 Å². The summed E-state index contributed by atoms with van der Waals surface area (Å²) in [5, 5.41) is 5.76. The van der Waals surface area contributed by atoms with Gasteiger partial charge in [-0.15, -0.1) is 0 Å². The topological polar surface area (TPSA) is 78.5 Å². The van der Waals surface area contributed by atoms with Crippen LogP contribution in [0.4, 0.5) is 0 Å². The molecule has 1 aromatic carbocycles. The molecule has 1 atom stereocenters. The van der Waals surface area contributed by atoms with Crippen molar-refractivity contribution in [2.75, 3.05) is 13.1 Å². The Morgan fingerprint density at radius 1 is 1.12 bits per heavy atom. The van der Waals surface area contributed by atoms with Crippen molar-refractivity contribution >= 4 is 17.7 Å². The fraction of sp³-hybridized carbons (Fsp3) is 0.500. The van der Waals surface area contributed by atoms with Crippen molar-refractivity contribution in [3.8, 4) is 0 Å². The Balaban J connectivity index is 1.48. The third-order valence-electron chi connectivity index (χ3n) is 4.75. The van der Waals surface area contributed by atoms with Gasteiger partial charge in [0.15, 0.2) is 0 Å². The van der Waals surface area contributed by atoms with Gasteiger partial charge in [-0.05, 0) is 38.3 Å². The van der Waals surface area contributed by atoms with Crippen LogP contribution in [0.1, 0.15) is 41.6 Å². The van der Waals surface area contributed by atoms with Crippen molar-refractivity contribution in [3.05, 3.63) is 35.4 Å². The highest BCUT2D eigenvalue weighted by molar-refractivity contribution is 5.94. The van der Waals surface area contributed by atoms with E-state index in [0.29, 0.717) is 31.5 Å². The van der Waals surface area contributed by atoms with Crippen LogP contribution in [0.2, 0.25) is 0 Å². The maximum atomic E-state index is 12.4. The minimum absolute atomic E-state index is 0.00385. The van der Waals surface area contributed by atoms with Crippen LogP contribution in [0.25, 0.3) is 0 Å². The van der Waals surface area contributed by atoms with Gasteiger partial charge in [-0.2, -0.15) is 0 Å². The molecule has 2 saturated heterocycles. The Morgan fingerprint density at radius 2 is 1.79 bits per heavy atom. The number of hydrogen-bond acceptors (Lipinski definition) is 3. The standard InChI is InChI=1S/C18H23N3O3/c1-12-2-4-13(5-3-12)17(23)19-14-8-10-21(11-9-14)18(24)15-6-7-16(22)20-15/h2-5,14-15H,6-11H2,1H3,(H,19,23)(H,20,22). The van der Waals surface area contributed by atoms with Crippen LogP contribution in [-0.2, 0) is 9.59 Å². The normalized spacial score (nSPS) is 21.5. The van der Waals surface area contributed by atoms with Crippen LogP contribution >= 0.6 is 0 Å². The SMILES string of the molecule is Cc1ccc(C(=O)NC2CCN(C(=O)C3CCC(=O)N3)CC2)cc1. The highest BCUT2D eigenvalue weighted by atomic mass is 16.2. The predicted octanol–water partition coefficient (Wildman–Crippen LogP) is 0.994. The van der Waals surface area contributed by atoms with Crippen LogP contribution < -0.4 is 10.6 Å². The van der Waals surface area contributed by atoms with Gasteiger partial charge in [0, 0.05) is 31.1 Å². The second kappa shape index (κ2) is 7.03. The first-order chi connectivity index (χ1) is 11.5. The minimum atomic E-state index is -0.365. The van der Waals surface area contributed by atoms with E-state index in [2.05, 4.69) is 10.6 Å². The van der Waals surface area contributed by atoms with E-state index in [1.807, 2.05) is 31.2 Å². The maximum Gasteiger partial charge on any atom is 0.251 e. The number of carbonyl (C=O) groups excluding carboxylic acids is 3. The van der Waals surface area contributed by atoms with E-state index in [1.165, 1.54) is 0 Å². The van der Waals surface area contributed by atoms with Crippen LogP contribution in [0.5, 0.6) is 0 Å². The van der Waals surface area contributed by atoms with Crippen molar-refractivity contribution in [2.45, 2.75) is 44.7 Å². The zero-order valence-corrected chi connectivity index (χ0v) is 13.9. The smallest absolute Gasteiger partial charge is 0.251 e. The molecule has 1 unspecified atom stereocenters. The van der Waals surface area contributed by atoms with Gasteiger partial charge >= 0.3 is 0 Å². The molecule has 0 aliphatic carbocycles. The van der Waals surface area contributed by atoms with Crippen LogP contribution in [0.15, 0.2) is 24.3 Å². The summed E-state index contributed by atoms with van der Waals surface area (Å²) in [5.74, 6) is -0.111. The number of amides is 3. The van der Waals surface area contributed by atoms with Gasteiger partial charge in [0.25, 0.3) is 5.91 Å². The van der Waals surface area contributed by atoms with Crippen molar-refractivity contribution < 1.29 is 14.4 Å². The van der Waals surface area contributed by atoms with Crippen LogP contribution in [0.3, 0.4) is 0 Å². The molecule has 6 heteroatoms. The van der Waals surface area contributed by atoms with E-state index in [4.69, 9.17) is 0 Å². The number of nitrogens with one attached hydrogen (secondary N) is 2. The number of benzene rings is 1. The van der Waals surface area contributed by atoms with Gasteiger partial charge in [0.05, 0.1) is 0 Å². The molecule has 2 fully saturated rings. The number of aryl methyl sites for hydroxylation is 1. The van der Waals surface area contributed by atoms with Crippen LogP contribution in [-0.4, -0.2) is 47.8 Å². The van der Waals surface area contributed by atoms with Crippen molar-refractivity contribution in [3.63, 3.8) is 0 Å². The molecule has 3 amide bonds. The monoisotopic (exact) mass is 329 g/mol. The van der Waals surface area contributed by atoms with Gasteiger partial charge < -0.3 is 15.5 Å². The molecule has 0 aromatic heterocycles. The Labute approximate surface area is 141 Å². The summed E-state index contributed by atoms with van der Waals surface area (Å²) >= 11 is 0. The van der Waals surface area contributed by atoms with Gasteiger partial charge in [-0.1, -0.05) is 17.7 Å². The average molecular weight is 329 g/mol. The molecule has 2 aliphatic heterocycles. The summed E-state index contributed by atoms with van der Waals surface area (Å²) in [7, 11) is 0. The number of likely N-dealkylation sites (tertiary alicyclic amines) is 1. The molecule has 0 bridgehead atoms. The van der Waals surface area contributed by atoms with Crippen molar-refractivity contribution in [2.24, 2.45) is 0 Å². The first-order valence-corrected chi connectivity index (χ1v) is 8.48. The van der Waals surface area contributed by atoms with E-state index in [1.54, 1.807) is 4.90 Å². The molecule has 24 heavy (non-hydrogen) atoms. The third kappa shape index (κ3) is 3.75. The summed E-state index contributed by atoms with van der Waals surface area (Å²) < 4.78 is 0. The van der Waals surface area contributed by atoms with Gasteiger partial charge in [-0.3, -0.25) is 14.4 Å². The van der Waals surface area contributed by atoms with E-state index in [-0.39, 0.29) is 29.8 Å². The Morgan fingerprint density at radius 3 is 2.38 bits per heavy atom. The number of nitrogens with zero attached hydrogens (tertiary/aromatic N) is 1. The number of piperidine rings is 1. The lowest BCUT2D eigenvalue weighted by Gasteiger charge is -2.33. The molecular formula is C18H23N3O3. The van der Waals surface area contributed by atoms with Gasteiger partial charge in [-0.25, -0.2) is 0 Å². The van der Waals surface area contributed by atoms with E-state index < -0.39 is 0 Å². The molecular weight excluding hydrogens is 306 g/mol. The van der Waals surface area contributed by atoms with Crippen LogP contribution in [0, 0.1) is 6.92 Å². The average Bonchev–Trinajstić information content (AvgIpc) is 3.02. The largest absolute Gasteiger partial charge is 0.349 e. The summed E-state index contributed by atoms with van der Waals surface area (Å²) in [6.07, 6.45) is 2.50. The quantitative estimate of drug-likeness (QED) is 0.868. The number of rotatable bonds is 3. The highest BCUT2D eigenvalue weighted by Gasteiger charge is 2.32. The molecule has 2 N–H and O–H groups in total. The maximum absolute atomic E-state index is 12.4. The second-order valence-corrected chi connectivity index (χ2v) is 6.60. The van der Waals surface area contributed by atoms with Crippen molar-refractivity contribution in [1.29, 1.82) is 0 Å². The van der Waals surface area contributed by atoms with Gasteiger partial charge in [0.1, 0.15) is 6.04 Å². The fourth-order valence-electron chi connectivity index (χ4n) is 3.24. The third-order valence-corrected chi connectivity index (χ3v) is 4.75.